The second-order valence-electron chi connectivity index (χ2n) is 5.69. The van der Waals surface area contributed by atoms with Crippen LogP contribution in [-0.2, 0) is 0 Å². The third kappa shape index (κ3) is 2.70. The number of aromatic nitrogens is 4. The van der Waals surface area contributed by atoms with Crippen molar-refractivity contribution in [1.82, 2.24) is 19.4 Å². The highest BCUT2D eigenvalue weighted by atomic mass is 35.5. The van der Waals surface area contributed by atoms with E-state index in [-0.39, 0.29) is 0 Å². The fourth-order valence-corrected chi connectivity index (χ4v) is 3.22. The van der Waals surface area contributed by atoms with Crippen molar-refractivity contribution >= 4 is 29.0 Å². The normalized spacial score (nSPS) is 15.4. The van der Waals surface area contributed by atoms with E-state index in [1.165, 1.54) is 0 Å². The molecule has 1 aliphatic heterocycles. The van der Waals surface area contributed by atoms with Gasteiger partial charge in [0.05, 0.1) is 11.2 Å². The van der Waals surface area contributed by atoms with Gasteiger partial charge in [-0.3, -0.25) is 0 Å². The summed E-state index contributed by atoms with van der Waals surface area (Å²) in [7, 11) is 0. The Morgan fingerprint density at radius 1 is 1.00 bits per heavy atom. The van der Waals surface area contributed by atoms with Gasteiger partial charge in [-0.05, 0) is 24.6 Å². The molecule has 1 saturated heterocycles. The molecule has 7 heteroatoms. The van der Waals surface area contributed by atoms with Crippen LogP contribution in [0.5, 0.6) is 0 Å². The van der Waals surface area contributed by atoms with Crippen LogP contribution in [0.15, 0.2) is 36.9 Å². The molecule has 0 aliphatic carbocycles. The second-order valence-corrected chi connectivity index (χ2v) is 6.13. The first-order valence-corrected chi connectivity index (χ1v) is 8.00. The van der Waals surface area contributed by atoms with Gasteiger partial charge in [0.15, 0.2) is 0 Å². The Kier molecular flexibility index (Phi) is 3.53. The van der Waals surface area contributed by atoms with Crippen LogP contribution in [-0.4, -0.2) is 45.5 Å². The summed E-state index contributed by atoms with van der Waals surface area (Å²) in [5, 5.41) is 0.727. The van der Waals surface area contributed by atoms with Gasteiger partial charge in [-0.25, -0.2) is 15.0 Å². The minimum Gasteiger partial charge on any atom is -0.352 e. The molecule has 0 unspecified atom stereocenters. The molecule has 0 spiro atoms. The molecule has 0 bridgehead atoms. The molecule has 0 amide bonds. The topological polar surface area (TPSA) is 49.6 Å². The van der Waals surface area contributed by atoms with Gasteiger partial charge in [0, 0.05) is 44.8 Å². The van der Waals surface area contributed by atoms with Gasteiger partial charge in [0.1, 0.15) is 11.5 Å². The molecular weight excluding hydrogens is 312 g/mol. The number of aryl methyl sites for hydroxylation is 1. The van der Waals surface area contributed by atoms with Crippen molar-refractivity contribution in [1.29, 1.82) is 0 Å². The Hall–Kier alpha value is -2.34. The smallest absolute Gasteiger partial charge is 0.225 e. The minimum atomic E-state index is 0.727. The van der Waals surface area contributed by atoms with Crippen molar-refractivity contribution < 1.29 is 0 Å². The number of rotatable bonds is 2. The molecule has 118 valence electrons. The molecule has 6 nitrogen and oxygen atoms in total. The Morgan fingerprint density at radius 2 is 1.70 bits per heavy atom. The van der Waals surface area contributed by atoms with Crippen LogP contribution < -0.4 is 9.80 Å². The van der Waals surface area contributed by atoms with Gasteiger partial charge < -0.3 is 14.2 Å². The zero-order valence-electron chi connectivity index (χ0n) is 12.9. The monoisotopic (exact) mass is 328 g/mol. The van der Waals surface area contributed by atoms with Crippen LogP contribution in [0.3, 0.4) is 0 Å². The van der Waals surface area contributed by atoms with Crippen molar-refractivity contribution in [2.45, 2.75) is 6.92 Å². The maximum atomic E-state index is 6.12. The Labute approximate surface area is 139 Å². The van der Waals surface area contributed by atoms with E-state index in [2.05, 4.69) is 19.8 Å². The second kappa shape index (κ2) is 5.70. The van der Waals surface area contributed by atoms with Gasteiger partial charge >= 0.3 is 0 Å². The summed E-state index contributed by atoms with van der Waals surface area (Å²) in [6.45, 7) is 5.60. The molecule has 4 rings (SSSR count). The van der Waals surface area contributed by atoms with Crippen LogP contribution in [0.4, 0.5) is 11.8 Å². The predicted octanol–water partition coefficient (Wildman–Crippen LogP) is 2.41. The lowest BCUT2D eigenvalue weighted by atomic mass is 10.3. The zero-order chi connectivity index (χ0) is 15.8. The van der Waals surface area contributed by atoms with Gasteiger partial charge in [-0.1, -0.05) is 11.6 Å². The van der Waals surface area contributed by atoms with Crippen molar-refractivity contribution in [2.75, 3.05) is 36.0 Å². The molecule has 0 saturated carbocycles. The Balaban J connectivity index is 1.53. The molecule has 3 aromatic rings. The maximum absolute atomic E-state index is 6.12. The molecule has 23 heavy (non-hydrogen) atoms. The molecule has 0 N–H and O–H groups in total. The maximum Gasteiger partial charge on any atom is 0.225 e. The van der Waals surface area contributed by atoms with E-state index in [4.69, 9.17) is 16.6 Å². The quantitative estimate of drug-likeness (QED) is 0.723. The summed E-state index contributed by atoms with van der Waals surface area (Å²) >= 11 is 6.12. The molecule has 4 heterocycles. The van der Waals surface area contributed by atoms with Crippen LogP contribution in [0.25, 0.3) is 5.65 Å². The van der Waals surface area contributed by atoms with Crippen molar-refractivity contribution in [3.8, 4) is 0 Å². The fourth-order valence-electron chi connectivity index (χ4n) is 2.95. The first-order chi connectivity index (χ1) is 11.2. The minimum absolute atomic E-state index is 0.727. The van der Waals surface area contributed by atoms with E-state index in [0.717, 1.165) is 54.2 Å². The number of nitrogens with zero attached hydrogens (tertiary/aromatic N) is 6. The molecule has 3 aromatic heterocycles. The van der Waals surface area contributed by atoms with E-state index in [0.29, 0.717) is 0 Å². The molecule has 1 aliphatic rings. The first kappa shape index (κ1) is 14.3. The highest BCUT2D eigenvalue weighted by molar-refractivity contribution is 6.30. The molecule has 0 aromatic carbocycles. The van der Waals surface area contributed by atoms with E-state index in [9.17, 15) is 0 Å². The Bertz CT molecular complexity index is 823. The number of hydrogen-bond acceptors (Lipinski definition) is 5. The SMILES string of the molecule is Cc1cc(Cl)cn2cc(N3CCN(c4ncccn4)CC3)nc12. The predicted molar refractivity (Wildman–Crippen MR) is 91.4 cm³/mol. The molecule has 1 fully saturated rings. The van der Waals surface area contributed by atoms with Crippen LogP contribution in [0.2, 0.25) is 5.02 Å². The molecule has 0 radical (unpaired) electrons. The summed E-state index contributed by atoms with van der Waals surface area (Å²) in [6, 6.07) is 3.78. The van der Waals surface area contributed by atoms with Crippen molar-refractivity contribution in [2.24, 2.45) is 0 Å². The number of pyridine rings is 1. The number of fused-ring (bicyclic) bond motifs is 1. The standard InChI is InChI=1S/C16H17ClN6/c1-12-9-13(17)10-23-11-14(20-15(12)23)21-5-7-22(8-6-21)16-18-3-2-4-19-16/h2-4,9-11H,5-8H2,1H3. The summed E-state index contributed by atoms with van der Waals surface area (Å²) in [6.07, 6.45) is 7.50. The van der Waals surface area contributed by atoms with Crippen molar-refractivity contribution in [3.63, 3.8) is 0 Å². The number of hydrogen-bond donors (Lipinski definition) is 0. The highest BCUT2D eigenvalue weighted by Crippen LogP contribution is 2.22. The van der Waals surface area contributed by atoms with E-state index < -0.39 is 0 Å². The van der Waals surface area contributed by atoms with E-state index >= 15 is 0 Å². The number of anilines is 2. The van der Waals surface area contributed by atoms with Crippen molar-refractivity contribution in [3.05, 3.63) is 47.5 Å². The van der Waals surface area contributed by atoms with E-state index in [1.54, 1.807) is 12.4 Å². The lowest BCUT2D eigenvalue weighted by Gasteiger charge is -2.34. The summed E-state index contributed by atoms with van der Waals surface area (Å²) in [5.74, 6) is 1.79. The molecular formula is C16H17ClN6. The molecule has 0 atom stereocenters. The number of imidazole rings is 1. The summed E-state index contributed by atoms with van der Waals surface area (Å²) < 4.78 is 2.00. The summed E-state index contributed by atoms with van der Waals surface area (Å²) in [4.78, 5) is 17.9. The van der Waals surface area contributed by atoms with E-state index in [1.807, 2.05) is 35.9 Å². The largest absolute Gasteiger partial charge is 0.352 e. The van der Waals surface area contributed by atoms with Crippen LogP contribution in [0.1, 0.15) is 5.56 Å². The lowest BCUT2D eigenvalue weighted by Crippen LogP contribution is -2.47. The van der Waals surface area contributed by atoms with Crippen LogP contribution in [0, 0.1) is 6.92 Å². The van der Waals surface area contributed by atoms with Gasteiger partial charge in [0.25, 0.3) is 0 Å². The lowest BCUT2D eigenvalue weighted by molar-refractivity contribution is 0.636. The number of halogens is 1. The highest BCUT2D eigenvalue weighted by Gasteiger charge is 2.21. The van der Waals surface area contributed by atoms with Gasteiger partial charge in [-0.2, -0.15) is 0 Å². The third-order valence-corrected chi connectivity index (χ3v) is 4.33. The van der Waals surface area contributed by atoms with Gasteiger partial charge in [-0.15, -0.1) is 0 Å². The zero-order valence-corrected chi connectivity index (χ0v) is 13.6. The average Bonchev–Trinajstić information content (AvgIpc) is 3.00. The van der Waals surface area contributed by atoms with Gasteiger partial charge in [0.2, 0.25) is 5.95 Å². The van der Waals surface area contributed by atoms with Crippen LogP contribution >= 0.6 is 11.6 Å². The average molecular weight is 329 g/mol. The summed E-state index contributed by atoms with van der Waals surface area (Å²) in [5.41, 5.74) is 2.04. The Morgan fingerprint density at radius 3 is 2.43 bits per heavy atom. The third-order valence-electron chi connectivity index (χ3n) is 4.13. The number of piperazine rings is 1. The first-order valence-electron chi connectivity index (χ1n) is 7.62. The fraction of sp³-hybridized carbons (Fsp3) is 0.312.